The van der Waals surface area contributed by atoms with Crippen LogP contribution in [0.1, 0.15) is 22.3 Å². The van der Waals surface area contributed by atoms with E-state index in [4.69, 9.17) is 4.74 Å². The molecule has 1 fully saturated rings. The molecule has 0 atom stereocenters. The Hall–Kier alpha value is -1.31. The molecule has 0 bridgehead atoms. The normalized spacial score (nSPS) is 15.6. The molecule has 1 aromatic carbocycles. The third kappa shape index (κ3) is 3.66. The van der Waals surface area contributed by atoms with Gasteiger partial charge in [0.15, 0.2) is 0 Å². The predicted molar refractivity (Wildman–Crippen MR) is 88.4 cm³/mol. The van der Waals surface area contributed by atoms with Gasteiger partial charge in [-0.15, -0.1) is 0 Å². The third-order valence-corrected chi connectivity index (χ3v) is 5.07. The zero-order chi connectivity index (χ0) is 15.4. The highest BCUT2D eigenvalue weighted by atomic mass is 127. The fourth-order valence-corrected chi connectivity index (χ4v) is 3.01. The van der Waals surface area contributed by atoms with Crippen molar-refractivity contribution in [3.63, 3.8) is 0 Å². The quantitative estimate of drug-likeness (QED) is 0.679. The molecule has 0 unspecified atom stereocenters. The maximum atomic E-state index is 12.7. The second-order valence-corrected chi connectivity index (χ2v) is 6.12. The third-order valence-electron chi connectivity index (χ3n) is 3.64. The smallest absolute Gasteiger partial charge is 0.409 e. The first-order chi connectivity index (χ1) is 10.0. The first-order valence-electron chi connectivity index (χ1n) is 6.92. The van der Waals surface area contributed by atoms with E-state index in [1.165, 1.54) is 7.11 Å². The van der Waals surface area contributed by atoms with E-state index in [2.05, 4.69) is 22.6 Å². The molecule has 5 nitrogen and oxygen atoms in total. The average Bonchev–Trinajstić information content (AvgIpc) is 2.74. The van der Waals surface area contributed by atoms with E-state index in [-0.39, 0.29) is 12.0 Å². The lowest BCUT2D eigenvalue weighted by Gasteiger charge is -2.22. The number of ether oxygens (including phenoxy) is 1. The van der Waals surface area contributed by atoms with Crippen LogP contribution in [0, 0.1) is 10.5 Å². The van der Waals surface area contributed by atoms with Crippen LogP contribution < -0.4 is 0 Å². The lowest BCUT2D eigenvalue weighted by molar-refractivity contribution is 0.0756. The zero-order valence-electron chi connectivity index (χ0n) is 12.3. The second kappa shape index (κ2) is 7.11. The van der Waals surface area contributed by atoms with Crippen molar-refractivity contribution in [3.8, 4) is 0 Å². The molecule has 1 aromatic rings. The molecule has 1 saturated heterocycles. The Labute approximate surface area is 138 Å². The average molecular weight is 402 g/mol. The van der Waals surface area contributed by atoms with Crippen LogP contribution in [0.4, 0.5) is 4.79 Å². The van der Waals surface area contributed by atoms with Crippen molar-refractivity contribution in [2.24, 2.45) is 0 Å². The van der Waals surface area contributed by atoms with Gasteiger partial charge < -0.3 is 14.5 Å². The van der Waals surface area contributed by atoms with Crippen LogP contribution >= 0.6 is 22.6 Å². The number of halogens is 1. The molecule has 0 spiro atoms. The van der Waals surface area contributed by atoms with Crippen molar-refractivity contribution in [3.05, 3.63) is 32.9 Å². The van der Waals surface area contributed by atoms with Gasteiger partial charge in [-0.25, -0.2) is 4.79 Å². The van der Waals surface area contributed by atoms with Gasteiger partial charge in [0.05, 0.1) is 12.7 Å². The van der Waals surface area contributed by atoms with Gasteiger partial charge in [0.25, 0.3) is 5.91 Å². The van der Waals surface area contributed by atoms with E-state index in [1.54, 1.807) is 4.90 Å². The topological polar surface area (TPSA) is 49.9 Å². The van der Waals surface area contributed by atoms with Gasteiger partial charge in [0, 0.05) is 29.7 Å². The van der Waals surface area contributed by atoms with Crippen LogP contribution in [0.25, 0.3) is 0 Å². The Morgan fingerprint density at radius 2 is 1.81 bits per heavy atom. The minimum Gasteiger partial charge on any atom is -0.453 e. The zero-order valence-corrected chi connectivity index (χ0v) is 14.4. The summed E-state index contributed by atoms with van der Waals surface area (Å²) in [5.41, 5.74) is 1.84. The standard InChI is InChI=1S/C15H19IN2O3/c1-11-5-3-6-12(13(11)16)14(19)17-7-4-8-18(10-9-17)15(20)21-2/h3,5-6H,4,7-10H2,1-2H3. The fraction of sp³-hybridized carbons (Fsp3) is 0.467. The first kappa shape index (κ1) is 16.1. The SMILES string of the molecule is COC(=O)N1CCCN(C(=O)c2cccc(C)c2I)CC1. The molecule has 1 heterocycles. The molecule has 1 aliphatic rings. The van der Waals surface area contributed by atoms with Crippen molar-refractivity contribution in [1.82, 2.24) is 9.80 Å². The fourth-order valence-electron chi connectivity index (χ4n) is 2.42. The van der Waals surface area contributed by atoms with E-state index in [1.807, 2.05) is 30.0 Å². The van der Waals surface area contributed by atoms with E-state index >= 15 is 0 Å². The molecule has 0 N–H and O–H groups in total. The van der Waals surface area contributed by atoms with Crippen LogP contribution in [-0.4, -0.2) is 55.1 Å². The van der Waals surface area contributed by atoms with Crippen LogP contribution in [0.15, 0.2) is 18.2 Å². The van der Waals surface area contributed by atoms with Gasteiger partial charge in [0.1, 0.15) is 0 Å². The molecule has 1 aliphatic heterocycles. The molecule has 114 valence electrons. The minimum atomic E-state index is -0.325. The van der Waals surface area contributed by atoms with E-state index in [0.717, 1.165) is 21.1 Å². The highest BCUT2D eigenvalue weighted by Crippen LogP contribution is 2.19. The van der Waals surface area contributed by atoms with Crippen LogP contribution in [-0.2, 0) is 4.74 Å². The van der Waals surface area contributed by atoms with Gasteiger partial charge in [-0.2, -0.15) is 0 Å². The molecule has 2 amide bonds. The molecular weight excluding hydrogens is 383 g/mol. The number of hydrogen-bond donors (Lipinski definition) is 0. The number of rotatable bonds is 1. The summed E-state index contributed by atoms with van der Waals surface area (Å²) in [4.78, 5) is 27.7. The molecule has 21 heavy (non-hydrogen) atoms. The lowest BCUT2D eigenvalue weighted by Crippen LogP contribution is -2.37. The summed E-state index contributed by atoms with van der Waals surface area (Å²) in [5.74, 6) is 0.0369. The second-order valence-electron chi connectivity index (χ2n) is 5.04. The molecular formula is C15H19IN2O3. The number of amides is 2. The maximum absolute atomic E-state index is 12.7. The highest BCUT2D eigenvalue weighted by molar-refractivity contribution is 14.1. The first-order valence-corrected chi connectivity index (χ1v) is 7.99. The highest BCUT2D eigenvalue weighted by Gasteiger charge is 2.24. The van der Waals surface area contributed by atoms with Crippen LogP contribution in [0.5, 0.6) is 0 Å². The number of aryl methyl sites for hydroxylation is 1. The summed E-state index contributed by atoms with van der Waals surface area (Å²) in [7, 11) is 1.38. The van der Waals surface area contributed by atoms with Gasteiger partial charge in [-0.1, -0.05) is 12.1 Å². The summed E-state index contributed by atoms with van der Waals surface area (Å²) in [6.07, 6.45) is 0.443. The van der Waals surface area contributed by atoms with Crippen molar-refractivity contribution in [1.29, 1.82) is 0 Å². The maximum Gasteiger partial charge on any atom is 0.409 e. The number of carbonyl (C=O) groups is 2. The van der Waals surface area contributed by atoms with E-state index in [0.29, 0.717) is 26.2 Å². The predicted octanol–water partition coefficient (Wildman–Crippen LogP) is 2.51. The van der Waals surface area contributed by atoms with Gasteiger partial charge in [-0.05, 0) is 47.6 Å². The van der Waals surface area contributed by atoms with Crippen molar-refractivity contribution in [2.75, 3.05) is 33.3 Å². The van der Waals surface area contributed by atoms with Gasteiger partial charge >= 0.3 is 6.09 Å². The number of nitrogens with zero attached hydrogens (tertiary/aromatic N) is 2. The number of hydrogen-bond acceptors (Lipinski definition) is 3. The number of carbonyl (C=O) groups excluding carboxylic acids is 2. The summed E-state index contributed by atoms with van der Waals surface area (Å²) in [6.45, 7) is 4.34. The largest absolute Gasteiger partial charge is 0.453 e. The van der Waals surface area contributed by atoms with Crippen molar-refractivity contribution >= 4 is 34.6 Å². The summed E-state index contributed by atoms with van der Waals surface area (Å²) >= 11 is 2.21. The Morgan fingerprint density at radius 1 is 1.14 bits per heavy atom. The van der Waals surface area contributed by atoms with Crippen molar-refractivity contribution < 1.29 is 14.3 Å². The summed E-state index contributed by atoms with van der Waals surface area (Å²) in [5, 5.41) is 0. The Morgan fingerprint density at radius 3 is 2.52 bits per heavy atom. The molecule has 0 aromatic heterocycles. The van der Waals surface area contributed by atoms with Crippen molar-refractivity contribution in [2.45, 2.75) is 13.3 Å². The minimum absolute atomic E-state index is 0.0369. The molecule has 2 rings (SSSR count). The lowest BCUT2D eigenvalue weighted by atomic mass is 10.1. The molecule has 0 radical (unpaired) electrons. The summed E-state index contributed by atoms with van der Waals surface area (Å²) in [6, 6.07) is 5.77. The number of methoxy groups -OCH3 is 1. The Kier molecular flexibility index (Phi) is 5.44. The summed E-state index contributed by atoms with van der Waals surface area (Å²) < 4.78 is 5.74. The van der Waals surface area contributed by atoms with E-state index < -0.39 is 0 Å². The van der Waals surface area contributed by atoms with Crippen LogP contribution in [0.3, 0.4) is 0 Å². The van der Waals surface area contributed by atoms with Gasteiger partial charge in [-0.3, -0.25) is 4.79 Å². The molecule has 6 heteroatoms. The number of benzene rings is 1. The molecule has 0 aliphatic carbocycles. The van der Waals surface area contributed by atoms with Crippen LogP contribution in [0.2, 0.25) is 0 Å². The molecule has 0 saturated carbocycles. The Bertz CT molecular complexity index is 548. The van der Waals surface area contributed by atoms with Gasteiger partial charge in [0.2, 0.25) is 0 Å². The van der Waals surface area contributed by atoms with E-state index in [9.17, 15) is 9.59 Å². The monoisotopic (exact) mass is 402 g/mol. The Balaban J connectivity index is 2.10.